The predicted molar refractivity (Wildman–Crippen MR) is 90.8 cm³/mol. The van der Waals surface area contributed by atoms with E-state index in [1.54, 1.807) is 0 Å². The number of aliphatic hydroxyl groups is 1. The van der Waals surface area contributed by atoms with Gasteiger partial charge in [-0.25, -0.2) is 9.97 Å². The fourth-order valence-electron chi connectivity index (χ4n) is 2.88. The molecule has 0 bridgehead atoms. The van der Waals surface area contributed by atoms with Gasteiger partial charge in [0.2, 0.25) is 0 Å². The van der Waals surface area contributed by atoms with Gasteiger partial charge in [-0.15, -0.1) is 0 Å². The van der Waals surface area contributed by atoms with Crippen LogP contribution >= 0.6 is 0 Å². The highest BCUT2D eigenvalue weighted by Crippen LogP contribution is 2.26. The van der Waals surface area contributed by atoms with Crippen molar-refractivity contribution in [2.45, 2.75) is 18.9 Å². The first-order chi connectivity index (χ1) is 11.2. The van der Waals surface area contributed by atoms with E-state index in [4.69, 9.17) is 16.2 Å². The van der Waals surface area contributed by atoms with Gasteiger partial charge in [0.05, 0.1) is 17.9 Å². The molecule has 0 saturated heterocycles. The maximum atomic E-state index is 8.87. The number of rotatable bonds is 5. The van der Waals surface area contributed by atoms with Crippen molar-refractivity contribution in [1.82, 2.24) is 9.97 Å². The molecule has 1 aliphatic rings. The third-order valence-electron chi connectivity index (χ3n) is 3.93. The van der Waals surface area contributed by atoms with Gasteiger partial charge in [0.15, 0.2) is 0 Å². The Morgan fingerprint density at radius 1 is 1.30 bits per heavy atom. The van der Waals surface area contributed by atoms with Crippen LogP contribution in [0.1, 0.15) is 16.7 Å². The van der Waals surface area contributed by atoms with Gasteiger partial charge in [-0.05, 0) is 30.0 Å². The molecule has 1 aliphatic carbocycles. The smallest absolute Gasteiger partial charge is 0.141 e. The summed E-state index contributed by atoms with van der Waals surface area (Å²) in [6.45, 7) is -0.128. The molecule has 118 valence electrons. The first kappa shape index (κ1) is 15.2. The molecular weight excluding hydrogens is 290 g/mol. The summed E-state index contributed by atoms with van der Waals surface area (Å²) < 4.78 is 0. The fraction of sp³-hybridized carbons (Fsp3) is 0.235. The lowest BCUT2D eigenvalue weighted by molar-refractivity contribution is 0.343. The third-order valence-corrected chi connectivity index (χ3v) is 3.93. The van der Waals surface area contributed by atoms with Crippen molar-refractivity contribution >= 4 is 17.3 Å². The van der Waals surface area contributed by atoms with Gasteiger partial charge in [0.25, 0.3) is 0 Å². The predicted octanol–water partition coefficient (Wildman–Crippen LogP) is 1.55. The molecule has 0 saturated carbocycles. The largest absolute Gasteiger partial charge is 0.392 e. The molecule has 0 aliphatic heterocycles. The Hall–Kier alpha value is -2.73. The Morgan fingerprint density at radius 2 is 2.00 bits per heavy atom. The number of fused-ring (bicyclic) bond motifs is 1. The first-order valence-corrected chi connectivity index (χ1v) is 7.49. The minimum absolute atomic E-state index is 0.128. The van der Waals surface area contributed by atoms with Crippen LogP contribution in [0, 0.1) is 5.41 Å². The van der Waals surface area contributed by atoms with Crippen molar-refractivity contribution in [2.24, 2.45) is 0 Å². The normalized spacial score (nSPS) is 14.1. The molecule has 0 amide bonds. The Bertz CT molecular complexity index is 731. The maximum absolute atomic E-state index is 8.87. The van der Waals surface area contributed by atoms with E-state index in [-0.39, 0.29) is 24.2 Å². The zero-order valence-electron chi connectivity index (χ0n) is 12.7. The zero-order valence-corrected chi connectivity index (χ0v) is 12.7. The number of allylic oxidation sites excluding steroid dienone is 1. The van der Waals surface area contributed by atoms with Crippen molar-refractivity contribution < 1.29 is 5.11 Å². The number of nitrogens with two attached hydrogens (primary N) is 1. The van der Waals surface area contributed by atoms with Gasteiger partial charge in [0, 0.05) is 6.04 Å². The van der Waals surface area contributed by atoms with Crippen molar-refractivity contribution in [3.63, 3.8) is 0 Å². The van der Waals surface area contributed by atoms with Crippen LogP contribution in [0.3, 0.4) is 0 Å². The van der Waals surface area contributed by atoms with Gasteiger partial charge in [0.1, 0.15) is 18.0 Å². The highest BCUT2D eigenvalue weighted by Gasteiger charge is 2.23. The highest BCUT2D eigenvalue weighted by molar-refractivity contribution is 6.12. The number of benzene rings is 1. The van der Waals surface area contributed by atoms with Crippen LogP contribution < -0.4 is 11.1 Å². The highest BCUT2D eigenvalue weighted by atomic mass is 16.2. The Kier molecular flexibility index (Phi) is 4.34. The summed E-state index contributed by atoms with van der Waals surface area (Å²) in [5.74, 6) is 0.813. The summed E-state index contributed by atoms with van der Waals surface area (Å²) in [7, 11) is 0. The van der Waals surface area contributed by atoms with Crippen LogP contribution in [-0.2, 0) is 12.8 Å². The molecule has 23 heavy (non-hydrogen) atoms. The van der Waals surface area contributed by atoms with E-state index < -0.39 is 0 Å². The number of aromatic nitrogens is 2. The van der Waals surface area contributed by atoms with E-state index in [9.17, 15) is 0 Å². The average Bonchev–Trinajstić information content (AvgIpc) is 2.95. The Balaban J connectivity index is 1.83. The standard InChI is InChI=1S/C17H19N5O/c18-14(6-3-7-23)15-16(19)20-10-21-17(15)22-13-8-11-4-1-2-5-12(11)9-13/h1-6,10,13,18,23H,7-9H2,(H3,19,20,21,22)/b6-3+,18-14?. The van der Waals surface area contributed by atoms with Crippen LogP contribution in [-0.4, -0.2) is 33.4 Å². The number of nitrogens with one attached hydrogen (secondary N) is 2. The van der Waals surface area contributed by atoms with E-state index in [1.807, 2.05) is 12.1 Å². The van der Waals surface area contributed by atoms with Crippen LogP contribution in [0.25, 0.3) is 0 Å². The summed E-state index contributed by atoms with van der Waals surface area (Å²) in [6.07, 6.45) is 6.22. The molecule has 0 atom stereocenters. The number of aliphatic hydroxyl groups excluding tert-OH is 1. The summed E-state index contributed by atoms with van der Waals surface area (Å²) >= 11 is 0. The second-order valence-corrected chi connectivity index (χ2v) is 5.50. The zero-order chi connectivity index (χ0) is 16.2. The third kappa shape index (κ3) is 3.22. The van der Waals surface area contributed by atoms with Crippen molar-refractivity contribution in [1.29, 1.82) is 5.41 Å². The summed E-state index contributed by atoms with van der Waals surface area (Å²) in [5, 5.41) is 20.4. The minimum Gasteiger partial charge on any atom is -0.392 e. The van der Waals surface area contributed by atoms with Gasteiger partial charge >= 0.3 is 0 Å². The van der Waals surface area contributed by atoms with Crippen LogP contribution in [0.15, 0.2) is 42.7 Å². The molecule has 0 fully saturated rings. The molecular formula is C17H19N5O. The molecule has 1 aromatic carbocycles. The lowest BCUT2D eigenvalue weighted by Crippen LogP contribution is -2.23. The average molecular weight is 309 g/mol. The molecule has 6 nitrogen and oxygen atoms in total. The minimum atomic E-state index is -0.128. The lowest BCUT2D eigenvalue weighted by Gasteiger charge is -2.16. The van der Waals surface area contributed by atoms with E-state index >= 15 is 0 Å². The van der Waals surface area contributed by atoms with E-state index in [2.05, 4.69) is 27.4 Å². The molecule has 3 rings (SSSR count). The van der Waals surface area contributed by atoms with Gasteiger partial charge in [-0.2, -0.15) is 0 Å². The summed E-state index contributed by atoms with van der Waals surface area (Å²) in [6, 6.07) is 8.58. The van der Waals surface area contributed by atoms with Gasteiger partial charge in [-0.3, -0.25) is 0 Å². The van der Waals surface area contributed by atoms with E-state index in [0.29, 0.717) is 11.4 Å². The van der Waals surface area contributed by atoms with Gasteiger partial charge in [-0.1, -0.05) is 30.3 Å². The Morgan fingerprint density at radius 3 is 2.65 bits per heavy atom. The first-order valence-electron chi connectivity index (χ1n) is 7.49. The number of nitrogens with zero attached hydrogens (tertiary/aromatic N) is 2. The summed E-state index contributed by atoms with van der Waals surface area (Å²) in [4.78, 5) is 8.23. The molecule has 6 heteroatoms. The molecule has 1 heterocycles. The number of hydrogen-bond acceptors (Lipinski definition) is 6. The maximum Gasteiger partial charge on any atom is 0.141 e. The molecule has 5 N–H and O–H groups in total. The van der Waals surface area contributed by atoms with Crippen LogP contribution in [0.2, 0.25) is 0 Å². The summed E-state index contributed by atoms with van der Waals surface area (Å²) in [5.41, 5.74) is 9.24. The lowest BCUT2D eigenvalue weighted by atomic mass is 10.1. The Labute approximate surface area is 134 Å². The van der Waals surface area contributed by atoms with E-state index in [0.717, 1.165) is 12.8 Å². The molecule has 2 aromatic rings. The second kappa shape index (κ2) is 6.58. The SMILES string of the molecule is N=C(/C=C/CO)c1c(N)ncnc1NC1Cc2ccccc2C1. The van der Waals surface area contributed by atoms with Crippen molar-refractivity contribution in [3.8, 4) is 0 Å². The molecule has 0 spiro atoms. The van der Waals surface area contributed by atoms with Crippen LogP contribution in [0.4, 0.5) is 11.6 Å². The van der Waals surface area contributed by atoms with E-state index in [1.165, 1.54) is 29.6 Å². The van der Waals surface area contributed by atoms with Gasteiger partial charge < -0.3 is 21.6 Å². The second-order valence-electron chi connectivity index (χ2n) is 5.50. The van der Waals surface area contributed by atoms with Crippen molar-refractivity contribution in [3.05, 3.63) is 59.4 Å². The number of anilines is 2. The molecule has 1 aromatic heterocycles. The number of hydrogen-bond donors (Lipinski definition) is 4. The monoisotopic (exact) mass is 309 g/mol. The molecule has 0 radical (unpaired) electrons. The number of nitrogen functional groups attached to an aromatic ring is 1. The fourth-order valence-corrected chi connectivity index (χ4v) is 2.88. The quantitative estimate of drug-likeness (QED) is 0.627. The topological polar surface area (TPSA) is 108 Å². The van der Waals surface area contributed by atoms with Crippen LogP contribution in [0.5, 0.6) is 0 Å². The van der Waals surface area contributed by atoms with Crippen molar-refractivity contribution in [2.75, 3.05) is 17.7 Å². The molecule has 0 unspecified atom stereocenters.